The highest BCUT2D eigenvalue weighted by Crippen LogP contribution is 2.24. The van der Waals surface area contributed by atoms with E-state index in [0.717, 1.165) is 12.1 Å². The highest BCUT2D eigenvalue weighted by Gasteiger charge is 2.21. The van der Waals surface area contributed by atoms with Crippen LogP contribution in [0.1, 0.15) is 12.5 Å². The number of rotatable bonds is 1. The van der Waals surface area contributed by atoms with Gasteiger partial charge in [0.2, 0.25) is 0 Å². The van der Waals surface area contributed by atoms with Crippen molar-refractivity contribution in [2.45, 2.75) is 13.0 Å². The van der Waals surface area contributed by atoms with Crippen molar-refractivity contribution in [3.05, 3.63) is 33.8 Å². The number of nitrogens with one attached hydrogen (secondary N) is 1. The molecular weight excluding hydrogens is 266 g/mol. The largest absolute Gasteiger partial charge is 0.365 e. The molecule has 0 radical (unpaired) electrons. The first-order valence-corrected chi connectivity index (χ1v) is 5.33. The van der Waals surface area contributed by atoms with Crippen LogP contribution in [0.3, 0.4) is 0 Å². The lowest BCUT2D eigenvalue weighted by Crippen LogP contribution is -2.28. The van der Waals surface area contributed by atoms with Crippen molar-refractivity contribution >= 4 is 21.8 Å². The summed E-state index contributed by atoms with van der Waals surface area (Å²) in [5.41, 5.74) is 0.166. The van der Waals surface area contributed by atoms with Crippen molar-refractivity contribution < 1.29 is 8.78 Å². The van der Waals surface area contributed by atoms with Gasteiger partial charge in [0.25, 0.3) is 0 Å². The summed E-state index contributed by atoms with van der Waals surface area (Å²) in [5.74, 6) is -0.564. The number of hydrogen-bond donors (Lipinski definition) is 1. The number of aliphatic imine (C=N–C) groups is 1. The van der Waals surface area contributed by atoms with Gasteiger partial charge in [0.15, 0.2) is 0 Å². The van der Waals surface area contributed by atoms with Gasteiger partial charge in [0, 0.05) is 6.04 Å². The molecule has 0 aromatic heterocycles. The Labute approximate surface area is 94.5 Å². The molecule has 0 aliphatic carbocycles. The molecule has 1 aliphatic heterocycles. The Kier molecular flexibility index (Phi) is 2.73. The van der Waals surface area contributed by atoms with E-state index in [4.69, 9.17) is 0 Å². The van der Waals surface area contributed by atoms with Gasteiger partial charge < -0.3 is 5.32 Å². The van der Waals surface area contributed by atoms with E-state index in [1.807, 2.05) is 6.92 Å². The van der Waals surface area contributed by atoms with Crippen molar-refractivity contribution in [2.24, 2.45) is 4.99 Å². The molecule has 1 aromatic carbocycles. The first-order valence-electron chi connectivity index (χ1n) is 4.54. The van der Waals surface area contributed by atoms with E-state index >= 15 is 0 Å². The van der Waals surface area contributed by atoms with Gasteiger partial charge in [-0.3, -0.25) is 4.99 Å². The summed E-state index contributed by atoms with van der Waals surface area (Å²) in [6, 6.07) is 2.35. The Morgan fingerprint density at radius 2 is 2.07 bits per heavy atom. The number of nitrogens with zero attached hydrogens (tertiary/aromatic N) is 1. The van der Waals surface area contributed by atoms with Crippen LogP contribution in [0.2, 0.25) is 0 Å². The Morgan fingerprint density at radius 1 is 1.40 bits per heavy atom. The van der Waals surface area contributed by atoms with Gasteiger partial charge in [-0.05, 0) is 35.0 Å². The summed E-state index contributed by atoms with van der Waals surface area (Å²) < 4.78 is 26.8. The normalized spacial score (nSPS) is 20.0. The van der Waals surface area contributed by atoms with Crippen LogP contribution < -0.4 is 5.32 Å². The molecule has 0 saturated carbocycles. The topological polar surface area (TPSA) is 24.4 Å². The Morgan fingerprint density at radius 3 is 2.67 bits per heavy atom. The standard InChI is InChI=1S/C10H9BrF2N2/c1-5-4-14-10(15-5)8-6(12)2-3-7(13)9(8)11/h2-3,5H,4H2,1H3,(H,14,15). The van der Waals surface area contributed by atoms with Crippen LogP contribution in [0.15, 0.2) is 21.6 Å². The summed E-state index contributed by atoms with van der Waals surface area (Å²) in [7, 11) is 0. The molecule has 0 saturated heterocycles. The lowest BCUT2D eigenvalue weighted by molar-refractivity contribution is 0.591. The smallest absolute Gasteiger partial charge is 0.138 e. The number of amidine groups is 1. The number of benzene rings is 1. The van der Waals surface area contributed by atoms with Crippen molar-refractivity contribution in [1.29, 1.82) is 0 Å². The van der Waals surface area contributed by atoms with E-state index in [9.17, 15) is 8.78 Å². The Hall–Kier alpha value is -0.970. The molecule has 2 rings (SSSR count). The molecule has 0 bridgehead atoms. The average molecular weight is 275 g/mol. The molecule has 80 valence electrons. The number of halogens is 3. The van der Waals surface area contributed by atoms with Crippen molar-refractivity contribution in [3.8, 4) is 0 Å². The summed E-state index contributed by atoms with van der Waals surface area (Å²) in [6.45, 7) is 2.51. The monoisotopic (exact) mass is 274 g/mol. The molecule has 1 aromatic rings. The van der Waals surface area contributed by atoms with Crippen molar-refractivity contribution in [1.82, 2.24) is 5.32 Å². The van der Waals surface area contributed by atoms with E-state index in [2.05, 4.69) is 26.2 Å². The highest BCUT2D eigenvalue weighted by molar-refractivity contribution is 9.10. The summed E-state index contributed by atoms with van der Waals surface area (Å²) in [6.07, 6.45) is 0. The molecule has 1 heterocycles. The van der Waals surface area contributed by atoms with Gasteiger partial charge in [-0.1, -0.05) is 0 Å². The zero-order valence-electron chi connectivity index (χ0n) is 8.02. The minimum atomic E-state index is -0.490. The van der Waals surface area contributed by atoms with E-state index in [1.165, 1.54) is 0 Å². The zero-order chi connectivity index (χ0) is 11.0. The highest BCUT2D eigenvalue weighted by atomic mass is 79.9. The van der Waals surface area contributed by atoms with E-state index in [0.29, 0.717) is 12.4 Å². The molecule has 5 heteroatoms. The van der Waals surface area contributed by atoms with E-state index < -0.39 is 11.6 Å². The average Bonchev–Trinajstić information content (AvgIpc) is 2.59. The molecule has 15 heavy (non-hydrogen) atoms. The lowest BCUT2D eigenvalue weighted by atomic mass is 10.2. The third-order valence-corrected chi connectivity index (χ3v) is 2.96. The molecule has 1 atom stereocenters. The molecule has 0 spiro atoms. The first-order chi connectivity index (χ1) is 7.09. The fourth-order valence-corrected chi connectivity index (χ4v) is 1.96. The van der Waals surface area contributed by atoms with Crippen LogP contribution in [0.5, 0.6) is 0 Å². The van der Waals surface area contributed by atoms with Crippen LogP contribution in [-0.4, -0.2) is 18.4 Å². The quantitative estimate of drug-likeness (QED) is 0.782. The van der Waals surface area contributed by atoms with Crippen LogP contribution in [0, 0.1) is 11.6 Å². The second-order valence-corrected chi connectivity index (χ2v) is 4.25. The summed E-state index contributed by atoms with van der Waals surface area (Å²) >= 11 is 3.03. The van der Waals surface area contributed by atoms with Gasteiger partial charge in [0.1, 0.15) is 17.5 Å². The minimum Gasteiger partial charge on any atom is -0.365 e. The SMILES string of the molecule is CC1CN=C(c2c(F)ccc(F)c2Br)N1. The van der Waals surface area contributed by atoms with Gasteiger partial charge in [-0.15, -0.1) is 0 Å². The Balaban J connectivity index is 2.48. The van der Waals surface area contributed by atoms with Crippen LogP contribution >= 0.6 is 15.9 Å². The summed E-state index contributed by atoms with van der Waals surface area (Å²) in [5, 5.41) is 2.99. The maximum atomic E-state index is 13.5. The molecule has 0 amide bonds. The van der Waals surface area contributed by atoms with Crippen LogP contribution in [-0.2, 0) is 0 Å². The number of hydrogen-bond acceptors (Lipinski definition) is 2. The molecule has 1 N–H and O–H groups in total. The fourth-order valence-electron chi connectivity index (χ4n) is 1.45. The minimum absolute atomic E-state index is 0.114. The van der Waals surface area contributed by atoms with Crippen LogP contribution in [0.25, 0.3) is 0 Å². The summed E-state index contributed by atoms with van der Waals surface area (Å²) in [4.78, 5) is 4.12. The van der Waals surface area contributed by atoms with Crippen molar-refractivity contribution in [3.63, 3.8) is 0 Å². The van der Waals surface area contributed by atoms with Gasteiger partial charge >= 0.3 is 0 Å². The fraction of sp³-hybridized carbons (Fsp3) is 0.300. The van der Waals surface area contributed by atoms with Gasteiger partial charge in [0.05, 0.1) is 16.6 Å². The Bertz CT molecular complexity index is 432. The maximum absolute atomic E-state index is 13.5. The second-order valence-electron chi connectivity index (χ2n) is 3.45. The van der Waals surface area contributed by atoms with E-state index in [1.54, 1.807) is 0 Å². The molecule has 1 unspecified atom stereocenters. The molecular formula is C10H9BrF2N2. The molecule has 1 aliphatic rings. The lowest BCUT2D eigenvalue weighted by Gasteiger charge is -2.09. The first kappa shape index (κ1) is 10.5. The molecule has 0 fully saturated rings. The van der Waals surface area contributed by atoms with Gasteiger partial charge in [-0.25, -0.2) is 8.78 Å². The van der Waals surface area contributed by atoms with E-state index in [-0.39, 0.29) is 16.1 Å². The van der Waals surface area contributed by atoms with Crippen LogP contribution in [0.4, 0.5) is 8.78 Å². The third kappa shape index (κ3) is 1.88. The predicted molar refractivity (Wildman–Crippen MR) is 58.1 cm³/mol. The molecule has 2 nitrogen and oxygen atoms in total. The van der Waals surface area contributed by atoms with Crippen molar-refractivity contribution in [2.75, 3.05) is 6.54 Å². The zero-order valence-corrected chi connectivity index (χ0v) is 9.61. The predicted octanol–water partition coefficient (Wildman–Crippen LogP) is 2.47. The maximum Gasteiger partial charge on any atom is 0.138 e. The third-order valence-electron chi connectivity index (χ3n) is 2.19. The van der Waals surface area contributed by atoms with Gasteiger partial charge in [-0.2, -0.15) is 0 Å². The second kappa shape index (κ2) is 3.89.